The molecule has 0 aliphatic rings. The third kappa shape index (κ3) is 7.38. The number of urea groups is 1. The van der Waals surface area contributed by atoms with Gasteiger partial charge in [-0.1, -0.05) is 11.6 Å². The fourth-order valence-corrected chi connectivity index (χ4v) is 3.01. The fourth-order valence-electron chi connectivity index (χ4n) is 2.75. The second kappa shape index (κ2) is 11.5. The first-order valence-electron chi connectivity index (χ1n) is 10.1. The minimum atomic E-state index is -4.84. The van der Waals surface area contributed by atoms with Gasteiger partial charge in [-0.05, 0) is 38.5 Å². The number of carbonyl (C=O) groups excluding carboxylic acids is 2. The topological polar surface area (TPSA) is 83.6 Å². The number of alkyl halides is 5. The molecule has 0 aliphatic heterocycles. The zero-order valence-corrected chi connectivity index (χ0v) is 19.4. The summed E-state index contributed by atoms with van der Waals surface area (Å²) in [5.41, 5.74) is -0.819. The first-order chi connectivity index (χ1) is 16.2. The number of ether oxygens (including phenoxy) is 1. The van der Waals surface area contributed by atoms with E-state index in [9.17, 15) is 35.9 Å². The van der Waals surface area contributed by atoms with Crippen LogP contribution in [0.4, 0.5) is 42.5 Å². The number of hydrogen-bond donors (Lipinski definition) is 2. The Morgan fingerprint density at radius 1 is 1.23 bits per heavy atom. The number of hydrogen-bond acceptors (Lipinski definition) is 4. The first kappa shape index (κ1) is 28.0. The summed E-state index contributed by atoms with van der Waals surface area (Å²) in [7, 11) is 0. The van der Waals surface area contributed by atoms with Crippen LogP contribution < -0.4 is 15.4 Å². The Morgan fingerprint density at radius 2 is 1.89 bits per heavy atom. The minimum Gasteiger partial charge on any atom is -0.480 e. The van der Waals surface area contributed by atoms with E-state index in [1.165, 1.54) is 19.2 Å². The highest BCUT2D eigenvalue weighted by Crippen LogP contribution is 2.33. The van der Waals surface area contributed by atoms with Gasteiger partial charge in [-0.2, -0.15) is 13.2 Å². The fraction of sp³-hybridized carbons (Fsp3) is 0.381. The summed E-state index contributed by atoms with van der Waals surface area (Å²) < 4.78 is 84.3. The third-order valence-electron chi connectivity index (χ3n) is 4.70. The van der Waals surface area contributed by atoms with Gasteiger partial charge in [0.25, 0.3) is 12.3 Å². The maximum Gasteiger partial charge on any atom is 0.425 e. The van der Waals surface area contributed by atoms with Gasteiger partial charge in [-0.3, -0.25) is 4.79 Å². The monoisotopic (exact) mass is 526 g/mol. The van der Waals surface area contributed by atoms with Crippen molar-refractivity contribution in [2.75, 3.05) is 23.7 Å². The van der Waals surface area contributed by atoms with Crippen LogP contribution in [0.15, 0.2) is 24.4 Å². The minimum absolute atomic E-state index is 0.0392. The summed E-state index contributed by atoms with van der Waals surface area (Å²) in [6.45, 7) is 2.52. The maximum atomic E-state index is 14.8. The SMILES string of the molecule is CCN(CC(F)F)C(=O)Nc1cc(O[C@@H](C)C(F)(F)F)c(C(=O)Nc2c(C)ccnc2Cl)cc1F. The molecule has 1 aromatic carbocycles. The van der Waals surface area contributed by atoms with Crippen LogP contribution in [0.3, 0.4) is 0 Å². The number of nitrogens with one attached hydrogen (secondary N) is 2. The van der Waals surface area contributed by atoms with Crippen molar-refractivity contribution in [3.8, 4) is 5.75 Å². The zero-order chi connectivity index (χ0) is 26.5. The lowest BCUT2D eigenvalue weighted by Gasteiger charge is -2.23. The Balaban J connectivity index is 2.46. The third-order valence-corrected chi connectivity index (χ3v) is 4.99. The molecule has 1 atom stereocenters. The van der Waals surface area contributed by atoms with Crippen LogP contribution in [0.5, 0.6) is 5.75 Å². The average Bonchev–Trinajstić information content (AvgIpc) is 2.75. The van der Waals surface area contributed by atoms with Gasteiger partial charge in [0.2, 0.25) is 0 Å². The van der Waals surface area contributed by atoms with Gasteiger partial charge >= 0.3 is 12.2 Å². The number of benzene rings is 1. The summed E-state index contributed by atoms with van der Waals surface area (Å²) in [5.74, 6) is -3.02. The quantitative estimate of drug-likeness (QED) is 0.332. The van der Waals surface area contributed by atoms with Crippen molar-refractivity contribution in [3.63, 3.8) is 0 Å². The van der Waals surface area contributed by atoms with E-state index in [0.29, 0.717) is 29.5 Å². The number of amides is 3. The molecule has 0 unspecified atom stereocenters. The molecule has 0 saturated carbocycles. The summed E-state index contributed by atoms with van der Waals surface area (Å²) in [6.07, 6.45) is -8.77. The number of halogens is 7. The Bertz CT molecular complexity index is 1060. The Labute approximate surface area is 201 Å². The van der Waals surface area contributed by atoms with Gasteiger partial charge in [0.15, 0.2) is 11.3 Å². The Hall–Kier alpha value is -3.22. The van der Waals surface area contributed by atoms with E-state index in [-0.39, 0.29) is 17.4 Å². The molecular formula is C21H21ClF6N4O3. The van der Waals surface area contributed by atoms with Crippen LogP contribution in [0.25, 0.3) is 0 Å². The van der Waals surface area contributed by atoms with Crippen LogP contribution in [0.1, 0.15) is 29.8 Å². The molecule has 14 heteroatoms. The largest absolute Gasteiger partial charge is 0.480 e. The lowest BCUT2D eigenvalue weighted by Crippen LogP contribution is -2.38. The van der Waals surface area contributed by atoms with Crippen LogP contribution in [0.2, 0.25) is 5.15 Å². The smallest absolute Gasteiger partial charge is 0.425 e. The summed E-state index contributed by atoms with van der Waals surface area (Å²) in [5, 5.41) is 4.23. The van der Waals surface area contributed by atoms with Crippen molar-refractivity contribution in [2.24, 2.45) is 0 Å². The molecule has 3 amide bonds. The van der Waals surface area contributed by atoms with Crippen molar-refractivity contribution in [3.05, 3.63) is 46.5 Å². The molecule has 35 heavy (non-hydrogen) atoms. The molecule has 7 nitrogen and oxygen atoms in total. The van der Waals surface area contributed by atoms with Crippen molar-refractivity contribution in [1.29, 1.82) is 0 Å². The summed E-state index contributed by atoms with van der Waals surface area (Å²) >= 11 is 5.95. The van der Waals surface area contributed by atoms with E-state index in [0.717, 1.165) is 0 Å². The molecule has 1 heterocycles. The van der Waals surface area contributed by atoms with Crippen LogP contribution in [-0.4, -0.2) is 53.6 Å². The van der Waals surface area contributed by atoms with Crippen LogP contribution in [-0.2, 0) is 0 Å². The molecule has 0 saturated heterocycles. The molecule has 0 fully saturated rings. The van der Waals surface area contributed by atoms with Crippen molar-refractivity contribution >= 4 is 34.9 Å². The molecule has 192 valence electrons. The summed E-state index contributed by atoms with van der Waals surface area (Å²) in [6, 6.07) is 1.59. The van der Waals surface area contributed by atoms with Crippen LogP contribution in [0, 0.1) is 12.7 Å². The van der Waals surface area contributed by atoms with Gasteiger partial charge in [-0.25, -0.2) is 22.9 Å². The lowest BCUT2D eigenvalue weighted by atomic mass is 10.1. The maximum absolute atomic E-state index is 14.8. The highest BCUT2D eigenvalue weighted by molar-refractivity contribution is 6.33. The molecule has 2 N–H and O–H groups in total. The van der Waals surface area contributed by atoms with Gasteiger partial charge in [0, 0.05) is 18.8 Å². The van der Waals surface area contributed by atoms with Crippen LogP contribution >= 0.6 is 11.6 Å². The number of anilines is 2. The molecule has 0 aliphatic carbocycles. The highest BCUT2D eigenvalue weighted by Gasteiger charge is 2.39. The molecule has 0 radical (unpaired) electrons. The number of aromatic nitrogens is 1. The standard InChI is InChI=1S/C21H21ClF6N4O3/c1-4-32(9-16(24)25)20(34)30-14-8-15(35-11(3)21(26,27)28)12(7-13(14)23)19(33)31-17-10(2)5-6-29-18(17)22/h5-8,11,16H,4,9H2,1-3H3,(H,30,34)(H,31,33)/t11-/m0/s1. The number of aryl methyl sites for hydroxylation is 1. The molecule has 1 aromatic heterocycles. The van der Waals surface area contributed by atoms with Gasteiger partial charge in [0.1, 0.15) is 11.6 Å². The van der Waals surface area contributed by atoms with E-state index in [2.05, 4.69) is 10.3 Å². The van der Waals surface area contributed by atoms with Gasteiger partial charge < -0.3 is 20.3 Å². The van der Waals surface area contributed by atoms with E-state index in [1.807, 2.05) is 5.32 Å². The van der Waals surface area contributed by atoms with E-state index in [1.54, 1.807) is 6.92 Å². The lowest BCUT2D eigenvalue weighted by molar-refractivity contribution is -0.189. The average molecular weight is 527 g/mol. The van der Waals surface area contributed by atoms with Gasteiger partial charge in [0.05, 0.1) is 23.5 Å². The van der Waals surface area contributed by atoms with Gasteiger partial charge in [-0.15, -0.1) is 0 Å². The predicted molar refractivity (Wildman–Crippen MR) is 117 cm³/mol. The predicted octanol–water partition coefficient (Wildman–Crippen LogP) is 5.88. The van der Waals surface area contributed by atoms with Crippen molar-refractivity contribution in [2.45, 2.75) is 39.5 Å². The number of carbonyl (C=O) groups is 2. The molecule has 2 rings (SSSR count). The van der Waals surface area contributed by atoms with E-state index in [4.69, 9.17) is 16.3 Å². The van der Waals surface area contributed by atoms with E-state index < -0.39 is 60.0 Å². The molecule has 0 bridgehead atoms. The Morgan fingerprint density at radius 3 is 2.43 bits per heavy atom. The normalized spacial score (nSPS) is 12.3. The zero-order valence-electron chi connectivity index (χ0n) is 18.6. The van der Waals surface area contributed by atoms with Crippen molar-refractivity contribution in [1.82, 2.24) is 9.88 Å². The number of pyridine rings is 1. The Kier molecular flexibility index (Phi) is 9.18. The van der Waals surface area contributed by atoms with Crippen molar-refractivity contribution < 1.29 is 40.7 Å². The summed E-state index contributed by atoms with van der Waals surface area (Å²) in [4.78, 5) is 29.5. The number of nitrogens with zero attached hydrogens (tertiary/aromatic N) is 2. The highest BCUT2D eigenvalue weighted by atomic mass is 35.5. The van der Waals surface area contributed by atoms with E-state index >= 15 is 0 Å². The molecular weight excluding hydrogens is 506 g/mol. The molecule has 0 spiro atoms. The molecule has 2 aromatic rings. The second-order valence-electron chi connectivity index (χ2n) is 7.24. The first-order valence-corrected chi connectivity index (χ1v) is 10.5. The number of rotatable bonds is 8. The second-order valence-corrected chi connectivity index (χ2v) is 7.60.